The fourth-order valence-corrected chi connectivity index (χ4v) is 2.08. The van der Waals surface area contributed by atoms with E-state index in [4.69, 9.17) is 9.47 Å². The van der Waals surface area contributed by atoms with Gasteiger partial charge in [-0.15, -0.1) is 0 Å². The van der Waals surface area contributed by atoms with Gasteiger partial charge in [-0.05, 0) is 29.8 Å². The van der Waals surface area contributed by atoms with Gasteiger partial charge in [0.15, 0.2) is 11.5 Å². The third-order valence-electron chi connectivity index (χ3n) is 3.28. The molecule has 1 aliphatic heterocycles. The average Bonchev–Trinajstić information content (AvgIpc) is 3.02. The van der Waals surface area contributed by atoms with Gasteiger partial charge in [0.25, 0.3) is 0 Å². The normalized spacial score (nSPS) is 11.9. The number of carbonyl (C=O) groups is 2. The summed E-state index contributed by atoms with van der Waals surface area (Å²) < 4.78 is 36.6. The van der Waals surface area contributed by atoms with Crippen molar-refractivity contribution in [2.45, 2.75) is 6.54 Å². The first kappa shape index (κ1) is 15.7. The maximum absolute atomic E-state index is 13.4. The Hall–Kier alpha value is -3.16. The summed E-state index contributed by atoms with van der Waals surface area (Å²) in [6, 6.07) is 7.71. The highest BCUT2D eigenvalue weighted by Gasteiger charge is 2.17. The molecular formula is C16H12F2N2O4. The molecule has 24 heavy (non-hydrogen) atoms. The first-order valence-corrected chi connectivity index (χ1v) is 6.95. The van der Waals surface area contributed by atoms with Crippen LogP contribution in [0, 0.1) is 11.6 Å². The van der Waals surface area contributed by atoms with Crippen LogP contribution in [0.2, 0.25) is 0 Å². The Balaban J connectivity index is 1.57. The monoisotopic (exact) mass is 334 g/mol. The highest BCUT2D eigenvalue weighted by Crippen LogP contribution is 2.32. The summed E-state index contributed by atoms with van der Waals surface area (Å²) in [5.74, 6) is -2.59. The number of hydrogen-bond donors (Lipinski definition) is 2. The van der Waals surface area contributed by atoms with Crippen molar-refractivity contribution in [1.82, 2.24) is 5.32 Å². The van der Waals surface area contributed by atoms with Crippen molar-refractivity contribution in [2.75, 3.05) is 12.1 Å². The number of benzene rings is 2. The van der Waals surface area contributed by atoms with Crippen molar-refractivity contribution >= 4 is 17.5 Å². The molecule has 0 fully saturated rings. The molecule has 2 amide bonds. The molecule has 1 heterocycles. The van der Waals surface area contributed by atoms with Crippen LogP contribution < -0.4 is 20.1 Å². The zero-order chi connectivity index (χ0) is 17.1. The molecule has 0 saturated carbocycles. The van der Waals surface area contributed by atoms with E-state index >= 15 is 0 Å². The summed E-state index contributed by atoms with van der Waals surface area (Å²) in [6.45, 7) is 0.214. The lowest BCUT2D eigenvalue weighted by Crippen LogP contribution is -2.35. The van der Waals surface area contributed by atoms with Gasteiger partial charge in [0.2, 0.25) is 6.79 Å². The van der Waals surface area contributed by atoms with Crippen molar-refractivity contribution in [1.29, 1.82) is 0 Å². The van der Waals surface area contributed by atoms with Crippen molar-refractivity contribution < 1.29 is 27.8 Å². The zero-order valence-electron chi connectivity index (χ0n) is 12.3. The smallest absolute Gasteiger partial charge is 0.313 e. The van der Waals surface area contributed by atoms with Gasteiger partial charge in [-0.2, -0.15) is 0 Å². The quantitative estimate of drug-likeness (QED) is 0.841. The van der Waals surface area contributed by atoms with E-state index in [0.717, 1.165) is 12.1 Å². The molecule has 2 aromatic rings. The Morgan fingerprint density at radius 3 is 2.58 bits per heavy atom. The molecule has 2 N–H and O–H groups in total. The fraction of sp³-hybridized carbons (Fsp3) is 0.125. The van der Waals surface area contributed by atoms with Crippen molar-refractivity contribution in [3.05, 3.63) is 53.6 Å². The van der Waals surface area contributed by atoms with E-state index in [0.29, 0.717) is 23.1 Å². The van der Waals surface area contributed by atoms with Crippen LogP contribution in [0.15, 0.2) is 36.4 Å². The minimum absolute atomic E-state index is 0.0782. The van der Waals surface area contributed by atoms with Crippen molar-refractivity contribution in [3.63, 3.8) is 0 Å². The van der Waals surface area contributed by atoms with Gasteiger partial charge >= 0.3 is 11.8 Å². The molecule has 2 aromatic carbocycles. The maximum Gasteiger partial charge on any atom is 0.313 e. The minimum Gasteiger partial charge on any atom is -0.454 e. The molecule has 6 nitrogen and oxygen atoms in total. The van der Waals surface area contributed by atoms with E-state index in [-0.39, 0.29) is 19.0 Å². The SMILES string of the molecule is O=C(NCc1ccc2c(c1)OCO2)C(=O)Nc1ccc(F)cc1F. The minimum atomic E-state index is -1.05. The van der Waals surface area contributed by atoms with E-state index in [1.165, 1.54) is 0 Å². The Labute approximate surface area is 135 Å². The lowest BCUT2D eigenvalue weighted by atomic mass is 10.2. The second-order valence-electron chi connectivity index (χ2n) is 4.95. The van der Waals surface area contributed by atoms with Crippen molar-refractivity contribution in [3.8, 4) is 11.5 Å². The van der Waals surface area contributed by atoms with Gasteiger partial charge in [-0.25, -0.2) is 8.78 Å². The molecular weight excluding hydrogens is 322 g/mol. The molecule has 3 rings (SSSR count). The molecule has 8 heteroatoms. The Bertz CT molecular complexity index is 811. The molecule has 124 valence electrons. The van der Waals surface area contributed by atoms with E-state index in [1.54, 1.807) is 18.2 Å². The number of amides is 2. The van der Waals surface area contributed by atoms with Gasteiger partial charge in [0, 0.05) is 12.6 Å². The zero-order valence-corrected chi connectivity index (χ0v) is 12.3. The molecule has 0 aliphatic carbocycles. The van der Waals surface area contributed by atoms with Gasteiger partial charge < -0.3 is 20.1 Å². The molecule has 0 radical (unpaired) electrons. The number of anilines is 1. The summed E-state index contributed by atoms with van der Waals surface area (Å²) in [7, 11) is 0. The van der Waals surface area contributed by atoms with E-state index in [2.05, 4.69) is 10.6 Å². The van der Waals surface area contributed by atoms with Crippen LogP contribution in [0.4, 0.5) is 14.5 Å². The molecule has 1 aliphatic rings. The molecule has 0 saturated heterocycles. The number of carbonyl (C=O) groups excluding carboxylic acids is 2. The van der Waals surface area contributed by atoms with Gasteiger partial charge in [-0.3, -0.25) is 9.59 Å². The average molecular weight is 334 g/mol. The number of nitrogens with one attached hydrogen (secondary N) is 2. The Morgan fingerprint density at radius 1 is 1.00 bits per heavy atom. The predicted molar refractivity (Wildman–Crippen MR) is 79.4 cm³/mol. The van der Waals surface area contributed by atoms with Crippen LogP contribution in [-0.4, -0.2) is 18.6 Å². The number of halogens is 2. The second-order valence-corrected chi connectivity index (χ2v) is 4.95. The third kappa shape index (κ3) is 3.43. The summed E-state index contributed by atoms with van der Waals surface area (Å²) in [5.41, 5.74) is 0.424. The number of rotatable bonds is 3. The van der Waals surface area contributed by atoms with Crippen LogP contribution >= 0.6 is 0 Å². The Morgan fingerprint density at radius 2 is 1.79 bits per heavy atom. The maximum atomic E-state index is 13.4. The summed E-state index contributed by atoms with van der Waals surface area (Å²) in [6.07, 6.45) is 0. The summed E-state index contributed by atoms with van der Waals surface area (Å²) >= 11 is 0. The Kier molecular flexibility index (Phi) is 4.28. The lowest BCUT2D eigenvalue weighted by Gasteiger charge is -2.08. The first-order valence-electron chi connectivity index (χ1n) is 6.95. The lowest BCUT2D eigenvalue weighted by molar-refractivity contribution is -0.136. The van der Waals surface area contributed by atoms with Crippen LogP contribution in [0.25, 0.3) is 0 Å². The largest absolute Gasteiger partial charge is 0.454 e. The predicted octanol–water partition coefficient (Wildman–Crippen LogP) is 1.95. The standard InChI is InChI=1S/C16H12F2N2O4/c17-10-2-3-12(11(18)6-10)20-16(22)15(21)19-7-9-1-4-13-14(5-9)24-8-23-13/h1-6H,7-8H2,(H,19,21)(H,20,22). The van der Waals surface area contributed by atoms with Crippen molar-refractivity contribution in [2.24, 2.45) is 0 Å². The highest BCUT2D eigenvalue weighted by atomic mass is 19.1. The topological polar surface area (TPSA) is 76.7 Å². The van der Waals surface area contributed by atoms with Crippen LogP contribution in [0.5, 0.6) is 11.5 Å². The van der Waals surface area contributed by atoms with Crippen LogP contribution in [-0.2, 0) is 16.1 Å². The van der Waals surface area contributed by atoms with Crippen LogP contribution in [0.3, 0.4) is 0 Å². The first-order chi connectivity index (χ1) is 11.5. The van der Waals surface area contributed by atoms with Gasteiger partial charge in [-0.1, -0.05) is 6.07 Å². The molecule has 0 unspecified atom stereocenters. The summed E-state index contributed by atoms with van der Waals surface area (Å²) in [5, 5.41) is 4.47. The number of hydrogen-bond acceptors (Lipinski definition) is 4. The molecule has 0 aromatic heterocycles. The number of ether oxygens (including phenoxy) is 2. The molecule has 0 spiro atoms. The van der Waals surface area contributed by atoms with Gasteiger partial charge in [0.05, 0.1) is 5.69 Å². The van der Waals surface area contributed by atoms with E-state index in [1.807, 2.05) is 0 Å². The van der Waals surface area contributed by atoms with E-state index in [9.17, 15) is 18.4 Å². The second kappa shape index (κ2) is 6.53. The summed E-state index contributed by atoms with van der Waals surface area (Å²) in [4.78, 5) is 23.5. The number of fused-ring (bicyclic) bond motifs is 1. The fourth-order valence-electron chi connectivity index (χ4n) is 2.08. The van der Waals surface area contributed by atoms with Gasteiger partial charge in [0.1, 0.15) is 11.6 Å². The molecule has 0 atom stereocenters. The van der Waals surface area contributed by atoms with Crippen LogP contribution in [0.1, 0.15) is 5.56 Å². The molecule has 0 bridgehead atoms. The highest BCUT2D eigenvalue weighted by molar-refractivity contribution is 6.39. The third-order valence-corrected chi connectivity index (χ3v) is 3.28. The van der Waals surface area contributed by atoms with E-state index < -0.39 is 23.4 Å².